The number of ether oxygens (including phenoxy) is 3. The molecule has 22 heavy (non-hydrogen) atoms. The maximum atomic E-state index is 12.5. The molecule has 0 radical (unpaired) electrons. The predicted octanol–water partition coefficient (Wildman–Crippen LogP) is 4.46. The summed E-state index contributed by atoms with van der Waals surface area (Å²) in [7, 11) is 0. The predicted molar refractivity (Wildman–Crippen MR) is 85.2 cm³/mol. The molecule has 0 saturated heterocycles. The van der Waals surface area contributed by atoms with Crippen molar-refractivity contribution < 1.29 is 45.2 Å². The molecule has 0 aromatic heterocycles. The van der Waals surface area contributed by atoms with E-state index in [-0.39, 0.29) is 32.0 Å². The zero-order valence-corrected chi connectivity index (χ0v) is 17.4. The van der Waals surface area contributed by atoms with Crippen LogP contribution in [-0.2, 0) is 45.2 Å². The van der Waals surface area contributed by atoms with Crippen molar-refractivity contribution in [1.29, 1.82) is 0 Å². The molecule has 0 aliphatic heterocycles. The summed E-state index contributed by atoms with van der Waals surface area (Å²) in [5.41, 5.74) is 0. The Hall–Kier alpha value is 0.433. The molecular formula is C17H34O4Zr. The molecule has 0 bridgehead atoms. The number of ketones is 1. The minimum Gasteiger partial charge on any atom is -0.321 e. The Balaban J connectivity index is 0. The zero-order chi connectivity index (χ0) is 16.0. The average molecular weight is 394 g/mol. The zero-order valence-electron chi connectivity index (χ0n) is 14.9. The third-order valence-corrected chi connectivity index (χ3v) is 3.19. The summed E-state index contributed by atoms with van der Waals surface area (Å²) in [6.07, 6.45) is 6.93. The van der Waals surface area contributed by atoms with Gasteiger partial charge in [-0.1, -0.05) is 47.0 Å². The van der Waals surface area contributed by atoms with Gasteiger partial charge in [-0.05, 0) is 25.7 Å². The second-order valence-electron chi connectivity index (χ2n) is 5.34. The first-order valence-corrected chi connectivity index (χ1v) is 8.61. The molecule has 0 saturated carbocycles. The molecule has 0 aromatic rings. The SMILES string of the molecule is CCCCOC(OCCCC)(OCCCC)C(=O)CCC.[Zr]. The number of rotatable bonds is 15. The Morgan fingerprint density at radius 2 is 1.09 bits per heavy atom. The summed E-state index contributed by atoms with van der Waals surface area (Å²) >= 11 is 0. The molecule has 130 valence electrons. The largest absolute Gasteiger partial charge is 0.346 e. The van der Waals surface area contributed by atoms with Gasteiger partial charge in [0.05, 0.1) is 19.8 Å². The molecule has 0 fully saturated rings. The standard InChI is InChI=1S/C17H34O4.Zr/c1-5-9-13-19-17(16(18)12-8-4,20-14-10-6-2)21-15-11-7-3;/h5-15H2,1-4H3;. The van der Waals surface area contributed by atoms with Gasteiger partial charge in [0.2, 0.25) is 5.78 Å². The van der Waals surface area contributed by atoms with Gasteiger partial charge in [-0.25, -0.2) is 0 Å². The molecule has 5 heteroatoms. The van der Waals surface area contributed by atoms with Crippen molar-refractivity contribution in [3.8, 4) is 0 Å². The number of hydrogen-bond donors (Lipinski definition) is 0. The molecule has 0 heterocycles. The van der Waals surface area contributed by atoms with Crippen molar-refractivity contribution in [2.45, 2.75) is 85.0 Å². The maximum absolute atomic E-state index is 12.5. The first-order valence-electron chi connectivity index (χ1n) is 8.61. The molecule has 0 rings (SSSR count). The van der Waals surface area contributed by atoms with Gasteiger partial charge in [-0.2, -0.15) is 0 Å². The fourth-order valence-electron chi connectivity index (χ4n) is 1.80. The van der Waals surface area contributed by atoms with Gasteiger partial charge >= 0.3 is 5.97 Å². The maximum Gasteiger partial charge on any atom is 0.346 e. The minimum absolute atomic E-state index is 0. The van der Waals surface area contributed by atoms with Gasteiger partial charge < -0.3 is 14.2 Å². The van der Waals surface area contributed by atoms with Crippen molar-refractivity contribution in [3.63, 3.8) is 0 Å². The summed E-state index contributed by atoms with van der Waals surface area (Å²) in [4.78, 5) is 12.5. The van der Waals surface area contributed by atoms with E-state index in [1.54, 1.807) is 0 Å². The topological polar surface area (TPSA) is 44.8 Å². The molecule has 0 aliphatic carbocycles. The fourth-order valence-corrected chi connectivity index (χ4v) is 1.80. The minimum atomic E-state index is -1.48. The number of carbonyl (C=O) groups excluding carboxylic acids is 1. The van der Waals surface area contributed by atoms with Gasteiger partial charge in [-0.3, -0.25) is 4.79 Å². The van der Waals surface area contributed by atoms with Crippen LogP contribution >= 0.6 is 0 Å². The van der Waals surface area contributed by atoms with Crippen LogP contribution < -0.4 is 0 Å². The summed E-state index contributed by atoms with van der Waals surface area (Å²) in [5.74, 6) is -1.57. The van der Waals surface area contributed by atoms with Gasteiger partial charge in [0.1, 0.15) is 0 Å². The van der Waals surface area contributed by atoms with Crippen LogP contribution in [-0.4, -0.2) is 31.6 Å². The number of unbranched alkanes of at least 4 members (excludes halogenated alkanes) is 3. The van der Waals surface area contributed by atoms with E-state index in [1.165, 1.54) is 0 Å². The smallest absolute Gasteiger partial charge is 0.321 e. The van der Waals surface area contributed by atoms with Gasteiger partial charge in [-0.15, -0.1) is 0 Å². The van der Waals surface area contributed by atoms with Crippen LogP contribution in [0, 0.1) is 0 Å². The van der Waals surface area contributed by atoms with Crippen molar-refractivity contribution in [1.82, 2.24) is 0 Å². The monoisotopic (exact) mass is 392 g/mol. The molecular weight excluding hydrogens is 359 g/mol. The third-order valence-electron chi connectivity index (χ3n) is 3.19. The molecule has 4 nitrogen and oxygen atoms in total. The number of hydrogen-bond acceptors (Lipinski definition) is 4. The van der Waals surface area contributed by atoms with Crippen LogP contribution in [0.3, 0.4) is 0 Å². The second-order valence-corrected chi connectivity index (χ2v) is 5.34. The Bertz CT molecular complexity index is 233. The Morgan fingerprint density at radius 3 is 1.36 bits per heavy atom. The molecule has 0 N–H and O–H groups in total. The fraction of sp³-hybridized carbons (Fsp3) is 0.941. The Kier molecular flexibility index (Phi) is 18.3. The first-order chi connectivity index (χ1) is 10.2. The van der Waals surface area contributed by atoms with E-state index in [9.17, 15) is 4.79 Å². The van der Waals surface area contributed by atoms with E-state index in [1.807, 2.05) is 6.92 Å². The molecule has 0 unspecified atom stereocenters. The van der Waals surface area contributed by atoms with E-state index in [4.69, 9.17) is 14.2 Å². The van der Waals surface area contributed by atoms with Crippen LogP contribution in [0.1, 0.15) is 79.1 Å². The normalized spacial score (nSPS) is 11.3. The second kappa shape index (κ2) is 16.3. The summed E-state index contributed by atoms with van der Waals surface area (Å²) in [6, 6.07) is 0. The van der Waals surface area contributed by atoms with Gasteiger partial charge in [0.15, 0.2) is 0 Å². The van der Waals surface area contributed by atoms with E-state index in [2.05, 4.69) is 20.8 Å². The summed E-state index contributed by atoms with van der Waals surface area (Å²) < 4.78 is 17.4. The van der Waals surface area contributed by atoms with Crippen molar-refractivity contribution in [2.75, 3.05) is 19.8 Å². The Labute approximate surface area is 155 Å². The van der Waals surface area contributed by atoms with E-state index in [0.717, 1.165) is 44.9 Å². The molecule has 0 aliphatic rings. The molecule has 0 amide bonds. The molecule has 0 aromatic carbocycles. The first kappa shape index (κ1) is 24.7. The molecule has 0 spiro atoms. The van der Waals surface area contributed by atoms with Crippen LogP contribution in [0.5, 0.6) is 0 Å². The van der Waals surface area contributed by atoms with Gasteiger partial charge in [0, 0.05) is 32.6 Å². The number of Topliss-reactive ketones (excluding diaryl/α,β-unsaturated/α-hetero) is 1. The number of carbonyl (C=O) groups is 1. The average Bonchev–Trinajstić information content (AvgIpc) is 2.47. The van der Waals surface area contributed by atoms with Crippen molar-refractivity contribution >= 4 is 5.78 Å². The van der Waals surface area contributed by atoms with Gasteiger partial charge in [0.25, 0.3) is 0 Å². The van der Waals surface area contributed by atoms with E-state index >= 15 is 0 Å². The van der Waals surface area contributed by atoms with Crippen LogP contribution in [0.15, 0.2) is 0 Å². The third kappa shape index (κ3) is 10.3. The summed E-state index contributed by atoms with van der Waals surface area (Å²) in [5, 5.41) is 0. The van der Waals surface area contributed by atoms with Crippen molar-refractivity contribution in [3.05, 3.63) is 0 Å². The van der Waals surface area contributed by atoms with Crippen molar-refractivity contribution in [2.24, 2.45) is 0 Å². The quantitative estimate of drug-likeness (QED) is 0.304. The Morgan fingerprint density at radius 1 is 0.727 bits per heavy atom. The van der Waals surface area contributed by atoms with E-state index in [0.29, 0.717) is 26.2 Å². The van der Waals surface area contributed by atoms with Crippen LogP contribution in [0.25, 0.3) is 0 Å². The van der Waals surface area contributed by atoms with Crippen LogP contribution in [0.2, 0.25) is 0 Å². The molecule has 0 atom stereocenters. The summed E-state index contributed by atoms with van der Waals surface area (Å²) in [6.45, 7) is 9.73. The van der Waals surface area contributed by atoms with Crippen LogP contribution in [0.4, 0.5) is 0 Å². The van der Waals surface area contributed by atoms with E-state index < -0.39 is 5.97 Å².